The van der Waals surface area contributed by atoms with Crippen molar-refractivity contribution in [1.29, 1.82) is 0 Å². The van der Waals surface area contributed by atoms with Crippen LogP contribution in [0.15, 0.2) is 5.11 Å². The fraction of sp³-hybridized carbons (Fsp3) is 1.00. The lowest BCUT2D eigenvalue weighted by Gasteiger charge is -2.38. The van der Waals surface area contributed by atoms with Crippen molar-refractivity contribution in [2.75, 3.05) is 19.8 Å². The average molecular weight is 197 g/mol. The molecule has 1 heterocycles. The first-order chi connectivity index (χ1) is 6.87. The van der Waals surface area contributed by atoms with E-state index in [0.717, 1.165) is 19.3 Å². The van der Waals surface area contributed by atoms with E-state index < -0.39 is 5.79 Å². The van der Waals surface area contributed by atoms with Crippen LogP contribution in [0, 0.1) is 5.92 Å². The van der Waals surface area contributed by atoms with Crippen LogP contribution in [0.3, 0.4) is 0 Å². The maximum Gasteiger partial charge on any atom is 0.171 e. The Kier molecular flexibility index (Phi) is 2.91. The van der Waals surface area contributed by atoms with Gasteiger partial charge in [-0.3, -0.25) is 0 Å². The molecular weight excluding hydrogens is 182 g/mol. The standard InChI is InChI=1S/C9H15N3O2/c10-12-11-7-8-3-1-2-4-9(8)13-5-6-14-9/h8H,1-7H2. The van der Waals surface area contributed by atoms with Gasteiger partial charge < -0.3 is 9.47 Å². The zero-order valence-electron chi connectivity index (χ0n) is 8.19. The molecule has 0 aromatic heterocycles. The summed E-state index contributed by atoms with van der Waals surface area (Å²) in [5.74, 6) is -0.179. The smallest absolute Gasteiger partial charge is 0.171 e. The SMILES string of the molecule is [N-]=[N+]=NCC1CCCCC12OCCO2. The van der Waals surface area contributed by atoms with Crippen LogP contribution >= 0.6 is 0 Å². The van der Waals surface area contributed by atoms with Gasteiger partial charge in [-0.2, -0.15) is 0 Å². The third-order valence-electron chi connectivity index (χ3n) is 3.09. The molecule has 2 fully saturated rings. The number of azide groups is 1. The van der Waals surface area contributed by atoms with E-state index in [9.17, 15) is 0 Å². The monoisotopic (exact) mass is 197 g/mol. The summed E-state index contributed by atoms with van der Waals surface area (Å²) < 4.78 is 11.4. The number of nitrogens with zero attached hydrogens (tertiary/aromatic N) is 3. The van der Waals surface area contributed by atoms with Crippen LogP contribution in [0.2, 0.25) is 0 Å². The van der Waals surface area contributed by atoms with Gasteiger partial charge in [-0.1, -0.05) is 11.5 Å². The number of hydrogen-bond acceptors (Lipinski definition) is 3. The van der Waals surface area contributed by atoms with E-state index in [1.165, 1.54) is 6.42 Å². The Balaban J connectivity index is 2.06. The van der Waals surface area contributed by atoms with Crippen molar-refractivity contribution >= 4 is 0 Å². The Hall–Kier alpha value is -0.770. The van der Waals surface area contributed by atoms with Crippen molar-refractivity contribution in [3.8, 4) is 0 Å². The molecule has 1 spiro atoms. The van der Waals surface area contributed by atoms with Gasteiger partial charge in [0.2, 0.25) is 0 Å². The summed E-state index contributed by atoms with van der Waals surface area (Å²) in [6.45, 7) is 1.84. The van der Waals surface area contributed by atoms with Gasteiger partial charge in [0.05, 0.1) is 13.2 Å². The molecule has 1 saturated heterocycles. The minimum Gasteiger partial charge on any atom is -0.347 e. The molecule has 14 heavy (non-hydrogen) atoms. The molecule has 2 aliphatic rings. The lowest BCUT2D eigenvalue weighted by molar-refractivity contribution is -0.209. The van der Waals surface area contributed by atoms with Crippen LogP contribution in [0.5, 0.6) is 0 Å². The first-order valence-electron chi connectivity index (χ1n) is 5.16. The molecule has 1 atom stereocenters. The Labute approximate surface area is 83.0 Å². The molecule has 5 nitrogen and oxygen atoms in total. The molecule has 0 aromatic carbocycles. The van der Waals surface area contributed by atoms with Gasteiger partial charge in [0.25, 0.3) is 0 Å². The summed E-state index contributed by atoms with van der Waals surface area (Å²) in [6.07, 6.45) is 4.31. The van der Waals surface area contributed by atoms with Gasteiger partial charge in [-0.25, -0.2) is 0 Å². The molecular formula is C9H15N3O2. The van der Waals surface area contributed by atoms with Crippen molar-refractivity contribution in [2.24, 2.45) is 11.0 Å². The summed E-state index contributed by atoms with van der Waals surface area (Å²) in [4.78, 5) is 2.80. The minimum absolute atomic E-state index is 0.245. The van der Waals surface area contributed by atoms with Gasteiger partial charge >= 0.3 is 0 Å². The topological polar surface area (TPSA) is 67.2 Å². The predicted molar refractivity (Wildman–Crippen MR) is 50.6 cm³/mol. The number of rotatable bonds is 2. The van der Waals surface area contributed by atoms with Crippen molar-refractivity contribution in [3.05, 3.63) is 10.4 Å². The molecule has 1 aliphatic carbocycles. The van der Waals surface area contributed by atoms with Gasteiger partial charge in [-0.15, -0.1) is 0 Å². The van der Waals surface area contributed by atoms with E-state index in [1.54, 1.807) is 0 Å². The van der Waals surface area contributed by atoms with Gasteiger partial charge in [0.1, 0.15) is 0 Å². The second kappa shape index (κ2) is 4.17. The Morgan fingerprint density at radius 3 is 2.86 bits per heavy atom. The average Bonchev–Trinajstić information content (AvgIpc) is 2.66. The van der Waals surface area contributed by atoms with Crippen LogP contribution in [0.1, 0.15) is 25.7 Å². The molecule has 0 N–H and O–H groups in total. The summed E-state index contributed by atoms with van der Waals surface area (Å²) in [7, 11) is 0. The molecule has 1 aliphatic heterocycles. The van der Waals surface area contributed by atoms with Crippen LogP contribution in [0.25, 0.3) is 10.4 Å². The molecule has 2 rings (SSSR count). The van der Waals surface area contributed by atoms with Crippen LogP contribution in [-0.2, 0) is 9.47 Å². The van der Waals surface area contributed by atoms with Gasteiger partial charge in [0.15, 0.2) is 5.79 Å². The number of hydrogen-bond donors (Lipinski definition) is 0. The molecule has 1 unspecified atom stereocenters. The van der Waals surface area contributed by atoms with Gasteiger partial charge in [0, 0.05) is 23.8 Å². The Morgan fingerprint density at radius 1 is 1.36 bits per heavy atom. The summed E-state index contributed by atoms with van der Waals surface area (Å²) in [5.41, 5.74) is 8.30. The van der Waals surface area contributed by atoms with E-state index in [1.807, 2.05) is 0 Å². The largest absolute Gasteiger partial charge is 0.347 e. The predicted octanol–water partition coefficient (Wildman–Crippen LogP) is 2.23. The van der Waals surface area contributed by atoms with E-state index in [4.69, 9.17) is 15.0 Å². The van der Waals surface area contributed by atoms with E-state index >= 15 is 0 Å². The fourth-order valence-corrected chi connectivity index (χ4v) is 2.40. The van der Waals surface area contributed by atoms with Crippen molar-refractivity contribution in [1.82, 2.24) is 0 Å². The van der Waals surface area contributed by atoms with Crippen molar-refractivity contribution in [3.63, 3.8) is 0 Å². The van der Waals surface area contributed by atoms with Crippen LogP contribution in [-0.4, -0.2) is 25.5 Å². The van der Waals surface area contributed by atoms with E-state index in [0.29, 0.717) is 19.8 Å². The molecule has 0 aromatic rings. The van der Waals surface area contributed by atoms with Crippen molar-refractivity contribution in [2.45, 2.75) is 31.5 Å². The lowest BCUT2D eigenvalue weighted by Crippen LogP contribution is -2.43. The van der Waals surface area contributed by atoms with Crippen LogP contribution < -0.4 is 0 Å². The highest BCUT2D eigenvalue weighted by Crippen LogP contribution is 2.40. The number of ether oxygens (including phenoxy) is 2. The van der Waals surface area contributed by atoms with Gasteiger partial charge in [-0.05, 0) is 18.4 Å². The molecule has 78 valence electrons. The highest BCUT2D eigenvalue weighted by molar-refractivity contribution is 4.87. The van der Waals surface area contributed by atoms with Crippen LogP contribution in [0.4, 0.5) is 0 Å². The molecule has 0 amide bonds. The second-order valence-electron chi connectivity index (χ2n) is 3.86. The third-order valence-corrected chi connectivity index (χ3v) is 3.09. The Bertz CT molecular complexity index is 244. The van der Waals surface area contributed by atoms with Crippen molar-refractivity contribution < 1.29 is 9.47 Å². The first kappa shape index (κ1) is 9.77. The lowest BCUT2D eigenvalue weighted by atomic mass is 9.83. The summed E-state index contributed by atoms with van der Waals surface area (Å²) in [5, 5.41) is 3.63. The summed E-state index contributed by atoms with van der Waals surface area (Å²) >= 11 is 0. The maximum atomic E-state index is 8.30. The van der Waals surface area contributed by atoms with E-state index in [2.05, 4.69) is 10.0 Å². The quantitative estimate of drug-likeness (QED) is 0.387. The molecule has 5 heteroatoms. The molecule has 0 radical (unpaired) electrons. The highest BCUT2D eigenvalue weighted by atomic mass is 16.7. The molecule has 0 bridgehead atoms. The molecule has 1 saturated carbocycles. The second-order valence-corrected chi connectivity index (χ2v) is 3.86. The summed E-state index contributed by atoms with van der Waals surface area (Å²) in [6, 6.07) is 0. The Morgan fingerprint density at radius 2 is 2.14 bits per heavy atom. The zero-order valence-corrected chi connectivity index (χ0v) is 8.19. The minimum atomic E-state index is -0.424. The normalized spacial score (nSPS) is 30.1. The maximum absolute atomic E-state index is 8.30. The zero-order chi connectivity index (χ0) is 9.86. The highest BCUT2D eigenvalue weighted by Gasteiger charge is 2.45. The van der Waals surface area contributed by atoms with E-state index in [-0.39, 0.29) is 5.92 Å². The fourth-order valence-electron chi connectivity index (χ4n) is 2.40. The first-order valence-corrected chi connectivity index (χ1v) is 5.16. The third kappa shape index (κ3) is 1.71.